The molecule has 0 saturated heterocycles. The third-order valence-electron chi connectivity index (χ3n) is 5.41. The second kappa shape index (κ2) is 8.05. The van der Waals surface area contributed by atoms with E-state index >= 15 is 0 Å². The van der Waals surface area contributed by atoms with Crippen LogP contribution < -0.4 is 10.1 Å². The maximum Gasteiger partial charge on any atom is 0.315 e. The third-order valence-corrected chi connectivity index (χ3v) is 5.41. The Hall–Kier alpha value is -2.56. The van der Waals surface area contributed by atoms with E-state index in [1.807, 2.05) is 38.1 Å². The molecule has 5 heteroatoms. The maximum atomic E-state index is 13.3. The van der Waals surface area contributed by atoms with Crippen molar-refractivity contribution in [3.63, 3.8) is 0 Å². The summed E-state index contributed by atoms with van der Waals surface area (Å²) in [5, 5.41) is 3.28. The van der Waals surface area contributed by atoms with Crippen LogP contribution in [-0.2, 0) is 14.3 Å². The Bertz CT molecular complexity index is 865. The van der Waals surface area contributed by atoms with E-state index in [-0.39, 0.29) is 29.9 Å². The van der Waals surface area contributed by atoms with Crippen molar-refractivity contribution in [3.8, 4) is 5.75 Å². The molecule has 0 saturated carbocycles. The lowest BCUT2D eigenvalue weighted by atomic mass is 9.66. The highest BCUT2D eigenvalue weighted by atomic mass is 16.5. The number of allylic oxidation sites excluding steroid dienone is 2. The molecule has 0 aromatic heterocycles. The number of ketones is 1. The van der Waals surface area contributed by atoms with Gasteiger partial charge in [-0.15, -0.1) is 0 Å². The molecular weight excluding hydrogens is 366 g/mol. The van der Waals surface area contributed by atoms with E-state index in [4.69, 9.17) is 9.47 Å². The Morgan fingerprint density at radius 2 is 1.97 bits per heavy atom. The highest BCUT2D eigenvalue weighted by molar-refractivity contribution is 6.01. The molecule has 5 nitrogen and oxygen atoms in total. The minimum absolute atomic E-state index is 0.0310. The smallest absolute Gasteiger partial charge is 0.315 e. The van der Waals surface area contributed by atoms with Crippen molar-refractivity contribution < 1.29 is 19.1 Å². The van der Waals surface area contributed by atoms with Crippen LogP contribution >= 0.6 is 0 Å². The predicted molar refractivity (Wildman–Crippen MR) is 112 cm³/mol. The molecule has 0 amide bonds. The first-order valence-corrected chi connectivity index (χ1v) is 10.3. The minimum atomic E-state index is -0.684. The highest BCUT2D eigenvalue weighted by Gasteiger charge is 2.47. The van der Waals surface area contributed by atoms with E-state index < -0.39 is 11.8 Å². The fourth-order valence-electron chi connectivity index (χ4n) is 4.39. The summed E-state index contributed by atoms with van der Waals surface area (Å²) in [4.78, 5) is 26.2. The topological polar surface area (TPSA) is 64.6 Å². The van der Waals surface area contributed by atoms with Crippen LogP contribution in [0.3, 0.4) is 0 Å². The standard InChI is InChI=1S/C24H31NO4/c1-7-28-23(27)20-15(4)25-17-12-24(5,6)13-18(26)22(17)21(20)16-10-8-9-11-19(16)29-14(2)3/h8-11,14,20-21,25H,4,7,12-13H2,1-3,5-6H3. The molecule has 0 fully saturated rings. The molecule has 2 aliphatic rings. The summed E-state index contributed by atoms with van der Waals surface area (Å²) in [5.74, 6) is -0.790. The largest absolute Gasteiger partial charge is 0.491 e. The van der Waals surface area contributed by atoms with Gasteiger partial charge in [0, 0.05) is 34.9 Å². The van der Waals surface area contributed by atoms with Gasteiger partial charge in [-0.3, -0.25) is 9.59 Å². The lowest BCUT2D eigenvalue weighted by Gasteiger charge is -2.42. The van der Waals surface area contributed by atoms with Crippen LogP contribution in [0, 0.1) is 11.3 Å². The number of ether oxygens (including phenoxy) is 2. The van der Waals surface area contributed by atoms with Crippen LogP contribution in [-0.4, -0.2) is 24.5 Å². The van der Waals surface area contributed by atoms with Crippen molar-refractivity contribution in [2.75, 3.05) is 6.61 Å². The van der Waals surface area contributed by atoms with Crippen molar-refractivity contribution >= 4 is 11.8 Å². The molecule has 0 radical (unpaired) electrons. The SMILES string of the molecule is C=C1NC2=C(C(=O)CC(C)(C)C2)C(c2ccccc2OC(C)C)C1C(=O)OCC. The van der Waals surface area contributed by atoms with Crippen molar-refractivity contribution in [3.05, 3.63) is 53.4 Å². The second-order valence-corrected chi connectivity index (χ2v) is 8.90. The first-order chi connectivity index (χ1) is 13.6. The van der Waals surface area contributed by atoms with Gasteiger partial charge in [-0.05, 0) is 38.7 Å². The first-order valence-electron chi connectivity index (χ1n) is 10.3. The van der Waals surface area contributed by atoms with Gasteiger partial charge >= 0.3 is 5.97 Å². The van der Waals surface area contributed by atoms with E-state index in [2.05, 4.69) is 25.7 Å². The van der Waals surface area contributed by atoms with Gasteiger partial charge in [0.15, 0.2) is 5.78 Å². The van der Waals surface area contributed by atoms with Gasteiger partial charge in [-0.1, -0.05) is 38.6 Å². The summed E-state index contributed by atoms with van der Waals surface area (Å²) < 4.78 is 11.4. The van der Waals surface area contributed by atoms with Gasteiger partial charge < -0.3 is 14.8 Å². The molecule has 0 bridgehead atoms. The zero-order valence-electron chi connectivity index (χ0n) is 18.0. The second-order valence-electron chi connectivity index (χ2n) is 8.90. The van der Waals surface area contributed by atoms with E-state index in [9.17, 15) is 9.59 Å². The number of Topliss-reactive ketones (excluding diaryl/α,β-unsaturated/α-hetero) is 1. The molecule has 1 aromatic rings. The molecule has 3 rings (SSSR count). The monoisotopic (exact) mass is 397 g/mol. The summed E-state index contributed by atoms with van der Waals surface area (Å²) in [7, 11) is 0. The fourth-order valence-corrected chi connectivity index (χ4v) is 4.39. The minimum Gasteiger partial charge on any atom is -0.491 e. The first kappa shape index (κ1) is 21.2. The maximum absolute atomic E-state index is 13.3. The summed E-state index contributed by atoms with van der Waals surface area (Å²) in [5.41, 5.74) is 2.77. The number of para-hydroxylation sites is 1. The number of esters is 1. The van der Waals surface area contributed by atoms with Crippen LogP contribution in [0.25, 0.3) is 0 Å². The lowest BCUT2D eigenvalue weighted by Crippen LogP contribution is -2.43. The lowest BCUT2D eigenvalue weighted by molar-refractivity contribution is -0.147. The van der Waals surface area contributed by atoms with E-state index in [1.165, 1.54) is 0 Å². The van der Waals surface area contributed by atoms with Crippen LogP contribution in [0.5, 0.6) is 5.75 Å². The Labute approximate surface area is 173 Å². The number of benzene rings is 1. The number of hydrogen-bond acceptors (Lipinski definition) is 5. The van der Waals surface area contributed by atoms with Crippen molar-refractivity contribution in [2.45, 2.75) is 59.5 Å². The molecule has 2 unspecified atom stereocenters. The predicted octanol–water partition coefficient (Wildman–Crippen LogP) is 4.50. The van der Waals surface area contributed by atoms with Gasteiger partial charge in [-0.2, -0.15) is 0 Å². The highest BCUT2D eigenvalue weighted by Crippen LogP contribution is 2.49. The normalized spacial score (nSPS) is 23.5. The van der Waals surface area contributed by atoms with Crippen LogP contribution in [0.15, 0.2) is 47.8 Å². The van der Waals surface area contributed by atoms with Gasteiger partial charge in [0.05, 0.1) is 12.7 Å². The number of rotatable bonds is 5. The van der Waals surface area contributed by atoms with Crippen LogP contribution in [0.2, 0.25) is 0 Å². The molecular formula is C24H31NO4. The molecule has 1 aromatic carbocycles. The quantitative estimate of drug-likeness (QED) is 0.741. The van der Waals surface area contributed by atoms with Gasteiger partial charge in [0.2, 0.25) is 0 Å². The zero-order valence-corrected chi connectivity index (χ0v) is 18.0. The summed E-state index contributed by atoms with van der Waals surface area (Å²) >= 11 is 0. The van der Waals surface area contributed by atoms with Crippen molar-refractivity contribution in [2.24, 2.45) is 11.3 Å². The number of carbonyl (C=O) groups excluding carboxylic acids is 2. The Morgan fingerprint density at radius 1 is 1.28 bits per heavy atom. The molecule has 1 heterocycles. The van der Waals surface area contributed by atoms with Gasteiger partial charge in [0.1, 0.15) is 11.7 Å². The van der Waals surface area contributed by atoms with Crippen LogP contribution in [0.4, 0.5) is 0 Å². The number of hydrogen-bond donors (Lipinski definition) is 1. The Balaban J connectivity index is 2.20. The number of nitrogens with one attached hydrogen (secondary N) is 1. The summed E-state index contributed by atoms with van der Waals surface area (Å²) in [6.45, 7) is 14.3. The van der Waals surface area contributed by atoms with E-state index in [1.54, 1.807) is 6.92 Å². The van der Waals surface area contributed by atoms with Crippen molar-refractivity contribution in [1.29, 1.82) is 0 Å². The Morgan fingerprint density at radius 3 is 2.62 bits per heavy atom. The summed E-state index contributed by atoms with van der Waals surface area (Å²) in [6, 6.07) is 7.63. The average Bonchev–Trinajstić information content (AvgIpc) is 2.59. The molecule has 29 heavy (non-hydrogen) atoms. The van der Waals surface area contributed by atoms with Crippen molar-refractivity contribution in [1.82, 2.24) is 5.32 Å². The Kier molecular flexibility index (Phi) is 5.87. The zero-order chi connectivity index (χ0) is 21.3. The third kappa shape index (κ3) is 4.24. The van der Waals surface area contributed by atoms with E-state index in [0.29, 0.717) is 23.4 Å². The fraction of sp³-hybridized carbons (Fsp3) is 0.500. The molecule has 1 aliphatic heterocycles. The summed E-state index contributed by atoms with van der Waals surface area (Å²) in [6.07, 6.45) is 1.14. The van der Waals surface area contributed by atoms with Crippen LogP contribution in [0.1, 0.15) is 58.9 Å². The molecule has 1 aliphatic carbocycles. The van der Waals surface area contributed by atoms with Gasteiger partial charge in [-0.25, -0.2) is 0 Å². The number of carbonyl (C=O) groups is 2. The molecule has 156 valence electrons. The molecule has 0 spiro atoms. The van der Waals surface area contributed by atoms with Gasteiger partial charge in [0.25, 0.3) is 0 Å². The molecule has 1 N–H and O–H groups in total. The van der Waals surface area contributed by atoms with E-state index in [0.717, 1.165) is 17.7 Å². The average molecular weight is 398 g/mol. The molecule has 2 atom stereocenters.